The maximum Gasteiger partial charge on any atom is 0.241 e. The molecule has 0 N–H and O–H groups in total. The Morgan fingerprint density at radius 2 is 1.50 bits per heavy atom. The van der Waals surface area contributed by atoms with E-state index in [1.807, 2.05) is 24.3 Å². The average molecular weight is 240 g/mol. The van der Waals surface area contributed by atoms with Gasteiger partial charge in [-0.25, -0.2) is 0 Å². The van der Waals surface area contributed by atoms with Gasteiger partial charge in [0.05, 0.1) is 0 Å². The van der Waals surface area contributed by atoms with Gasteiger partial charge in [-0.3, -0.25) is 0 Å². The molecule has 0 aromatic heterocycles. The fraction of sp³-hybridized carbons (Fsp3) is 0.250. The lowest BCUT2D eigenvalue weighted by Crippen LogP contribution is -2.18. The Morgan fingerprint density at radius 1 is 0.889 bits per heavy atom. The van der Waals surface area contributed by atoms with Crippen LogP contribution >= 0.6 is 0 Å². The minimum Gasteiger partial charge on any atom is -0.451 e. The van der Waals surface area contributed by atoms with Crippen molar-refractivity contribution < 1.29 is 9.47 Å². The third-order valence-electron chi connectivity index (χ3n) is 3.16. The molecule has 2 heteroatoms. The number of hydrogen-bond acceptors (Lipinski definition) is 2. The van der Waals surface area contributed by atoms with E-state index in [0.717, 1.165) is 24.3 Å². The second-order valence-corrected chi connectivity index (χ2v) is 4.64. The van der Waals surface area contributed by atoms with Gasteiger partial charge in [0.1, 0.15) is 0 Å². The van der Waals surface area contributed by atoms with E-state index in [-0.39, 0.29) is 6.29 Å². The van der Waals surface area contributed by atoms with Gasteiger partial charge in [0.25, 0.3) is 0 Å². The van der Waals surface area contributed by atoms with Crippen LogP contribution in [-0.2, 0) is 6.42 Å². The standard InChI is InChI=1S/C16H16O2/c1-12-6-8-13(9-7-12)10-11-16-17-14-4-2-3-5-15(14)18-16/h2-9,16H,10-11H2,1H3. The number of aryl methyl sites for hydroxylation is 2. The normalized spacial score (nSPS) is 13.8. The van der Waals surface area contributed by atoms with Crippen LogP contribution in [0.4, 0.5) is 0 Å². The minimum atomic E-state index is -0.149. The molecule has 0 saturated carbocycles. The highest BCUT2D eigenvalue weighted by molar-refractivity contribution is 5.41. The molecular formula is C16H16O2. The number of fused-ring (bicyclic) bond motifs is 1. The Labute approximate surface area is 107 Å². The maximum absolute atomic E-state index is 5.73. The van der Waals surface area contributed by atoms with Crippen molar-refractivity contribution >= 4 is 0 Å². The molecule has 2 nitrogen and oxygen atoms in total. The predicted octanol–water partition coefficient (Wildman–Crippen LogP) is 3.73. The molecule has 0 amide bonds. The highest BCUT2D eigenvalue weighted by Gasteiger charge is 2.22. The van der Waals surface area contributed by atoms with Crippen molar-refractivity contribution in [3.05, 3.63) is 59.7 Å². The zero-order valence-corrected chi connectivity index (χ0v) is 10.4. The first-order valence-corrected chi connectivity index (χ1v) is 6.29. The Morgan fingerprint density at radius 3 is 2.11 bits per heavy atom. The van der Waals surface area contributed by atoms with Crippen LogP contribution < -0.4 is 9.47 Å². The molecule has 18 heavy (non-hydrogen) atoms. The first kappa shape index (κ1) is 11.1. The average Bonchev–Trinajstić information content (AvgIpc) is 2.81. The summed E-state index contributed by atoms with van der Waals surface area (Å²) in [6.45, 7) is 2.10. The van der Waals surface area contributed by atoms with Crippen molar-refractivity contribution in [2.24, 2.45) is 0 Å². The fourth-order valence-corrected chi connectivity index (χ4v) is 2.11. The summed E-state index contributed by atoms with van der Waals surface area (Å²) >= 11 is 0. The first-order valence-electron chi connectivity index (χ1n) is 6.29. The van der Waals surface area contributed by atoms with Gasteiger partial charge in [0.15, 0.2) is 11.5 Å². The zero-order chi connectivity index (χ0) is 12.4. The summed E-state index contributed by atoms with van der Waals surface area (Å²) in [7, 11) is 0. The molecule has 0 radical (unpaired) electrons. The maximum atomic E-state index is 5.73. The van der Waals surface area contributed by atoms with Gasteiger partial charge in [0, 0.05) is 6.42 Å². The van der Waals surface area contributed by atoms with Gasteiger partial charge < -0.3 is 9.47 Å². The van der Waals surface area contributed by atoms with Gasteiger partial charge in [-0.05, 0) is 31.0 Å². The largest absolute Gasteiger partial charge is 0.451 e. The molecule has 92 valence electrons. The van der Waals surface area contributed by atoms with Crippen molar-refractivity contribution in [3.63, 3.8) is 0 Å². The lowest BCUT2D eigenvalue weighted by atomic mass is 10.1. The third-order valence-corrected chi connectivity index (χ3v) is 3.16. The van der Waals surface area contributed by atoms with Crippen LogP contribution in [0.5, 0.6) is 11.5 Å². The molecule has 2 aromatic carbocycles. The Balaban J connectivity index is 1.58. The molecule has 0 spiro atoms. The van der Waals surface area contributed by atoms with Crippen molar-refractivity contribution in [1.82, 2.24) is 0 Å². The van der Waals surface area contributed by atoms with Crippen molar-refractivity contribution in [2.45, 2.75) is 26.1 Å². The highest BCUT2D eigenvalue weighted by Crippen LogP contribution is 2.35. The molecule has 0 unspecified atom stereocenters. The third kappa shape index (κ3) is 2.33. The van der Waals surface area contributed by atoms with Crippen LogP contribution in [0.25, 0.3) is 0 Å². The molecule has 1 heterocycles. The zero-order valence-electron chi connectivity index (χ0n) is 10.4. The first-order chi connectivity index (χ1) is 8.81. The summed E-state index contributed by atoms with van der Waals surface area (Å²) in [6, 6.07) is 16.4. The van der Waals surface area contributed by atoms with Crippen LogP contribution in [0.1, 0.15) is 17.5 Å². The molecule has 0 fully saturated rings. The van der Waals surface area contributed by atoms with Crippen LogP contribution in [0, 0.1) is 6.92 Å². The molecule has 3 rings (SSSR count). The fourth-order valence-electron chi connectivity index (χ4n) is 2.11. The number of benzene rings is 2. The van der Waals surface area contributed by atoms with Crippen molar-refractivity contribution in [3.8, 4) is 11.5 Å². The Kier molecular flexibility index (Phi) is 2.93. The smallest absolute Gasteiger partial charge is 0.241 e. The Bertz CT molecular complexity index is 506. The Hall–Kier alpha value is -1.96. The minimum absolute atomic E-state index is 0.149. The van der Waals surface area contributed by atoms with Crippen LogP contribution in [0.15, 0.2) is 48.5 Å². The molecule has 1 aliphatic rings. The summed E-state index contributed by atoms with van der Waals surface area (Å²) in [6.07, 6.45) is 1.69. The van der Waals surface area contributed by atoms with E-state index >= 15 is 0 Å². The molecule has 0 bridgehead atoms. The van der Waals surface area contributed by atoms with Crippen molar-refractivity contribution in [1.29, 1.82) is 0 Å². The predicted molar refractivity (Wildman–Crippen MR) is 71.0 cm³/mol. The van der Waals surface area contributed by atoms with E-state index in [4.69, 9.17) is 9.47 Å². The number of para-hydroxylation sites is 2. The number of hydrogen-bond donors (Lipinski definition) is 0. The summed E-state index contributed by atoms with van der Waals surface area (Å²) < 4.78 is 11.5. The SMILES string of the molecule is Cc1ccc(CCC2Oc3ccccc3O2)cc1. The highest BCUT2D eigenvalue weighted by atomic mass is 16.7. The molecule has 2 aromatic rings. The van der Waals surface area contributed by atoms with Gasteiger partial charge >= 0.3 is 0 Å². The van der Waals surface area contributed by atoms with Crippen molar-refractivity contribution in [2.75, 3.05) is 0 Å². The van der Waals surface area contributed by atoms with E-state index in [9.17, 15) is 0 Å². The van der Waals surface area contributed by atoms with E-state index < -0.39 is 0 Å². The number of ether oxygens (including phenoxy) is 2. The lowest BCUT2D eigenvalue weighted by Gasteiger charge is -2.10. The van der Waals surface area contributed by atoms with Gasteiger partial charge in [-0.15, -0.1) is 0 Å². The summed E-state index contributed by atoms with van der Waals surface area (Å²) in [4.78, 5) is 0. The topological polar surface area (TPSA) is 18.5 Å². The molecule has 1 aliphatic heterocycles. The number of rotatable bonds is 3. The second kappa shape index (κ2) is 4.73. The van der Waals surface area contributed by atoms with Gasteiger partial charge in [0.2, 0.25) is 6.29 Å². The summed E-state index contributed by atoms with van der Waals surface area (Å²) in [5.41, 5.74) is 2.61. The second-order valence-electron chi connectivity index (χ2n) is 4.64. The van der Waals surface area contributed by atoms with Crippen LogP contribution in [-0.4, -0.2) is 6.29 Å². The molecular weight excluding hydrogens is 224 g/mol. The molecule has 0 saturated heterocycles. The lowest BCUT2D eigenvalue weighted by molar-refractivity contribution is 0.0422. The monoisotopic (exact) mass is 240 g/mol. The van der Waals surface area contributed by atoms with Gasteiger partial charge in [-0.1, -0.05) is 42.0 Å². The van der Waals surface area contributed by atoms with Gasteiger partial charge in [-0.2, -0.15) is 0 Å². The summed E-state index contributed by atoms with van der Waals surface area (Å²) in [5, 5.41) is 0. The van der Waals surface area contributed by atoms with E-state index in [1.54, 1.807) is 0 Å². The van der Waals surface area contributed by atoms with Crippen LogP contribution in [0.2, 0.25) is 0 Å². The quantitative estimate of drug-likeness (QED) is 0.814. The van der Waals surface area contributed by atoms with E-state index in [2.05, 4.69) is 31.2 Å². The molecule has 0 aliphatic carbocycles. The van der Waals surface area contributed by atoms with E-state index in [1.165, 1.54) is 11.1 Å². The molecule has 0 atom stereocenters. The summed E-state index contributed by atoms with van der Waals surface area (Å²) in [5.74, 6) is 1.71. The van der Waals surface area contributed by atoms with E-state index in [0.29, 0.717) is 0 Å². The van der Waals surface area contributed by atoms with Crippen LogP contribution in [0.3, 0.4) is 0 Å².